The summed E-state index contributed by atoms with van der Waals surface area (Å²) >= 11 is 0. The maximum Gasteiger partial charge on any atom is 0.250 e. The second kappa shape index (κ2) is 8.10. The number of hydrogen-bond acceptors (Lipinski definition) is 3. The largest absolute Gasteiger partial charge is 0.315 e. The molecule has 3 rings (SSSR count). The standard InChI is InChI=1S/C20H25N3O2/c1-16-10-14-23(18(15-16)21-17-7-3-2-4-8-17)20(25)11-13-22-12-6-5-9-19(22)24/h5-6,9-10,12,14-15,17H,2-4,7-8,11,13H2,1H3. The van der Waals surface area contributed by atoms with Crippen LogP contribution in [-0.4, -0.2) is 21.1 Å². The molecule has 2 aromatic heterocycles. The minimum absolute atomic E-state index is 0.0367. The van der Waals surface area contributed by atoms with Gasteiger partial charge in [0.2, 0.25) is 5.91 Å². The molecule has 132 valence electrons. The molecule has 0 N–H and O–H groups in total. The number of nitrogens with zero attached hydrogens (tertiary/aromatic N) is 3. The third-order valence-electron chi connectivity index (χ3n) is 4.71. The molecule has 0 amide bonds. The van der Waals surface area contributed by atoms with E-state index < -0.39 is 0 Å². The Labute approximate surface area is 147 Å². The lowest BCUT2D eigenvalue weighted by Gasteiger charge is -2.18. The van der Waals surface area contributed by atoms with E-state index in [2.05, 4.69) is 0 Å². The van der Waals surface area contributed by atoms with Gasteiger partial charge in [-0.15, -0.1) is 0 Å². The summed E-state index contributed by atoms with van der Waals surface area (Å²) in [4.78, 5) is 29.3. The van der Waals surface area contributed by atoms with Crippen molar-refractivity contribution in [2.24, 2.45) is 4.99 Å². The summed E-state index contributed by atoms with van der Waals surface area (Å²) in [5.74, 6) is -0.0367. The van der Waals surface area contributed by atoms with E-state index in [9.17, 15) is 9.59 Å². The highest BCUT2D eigenvalue weighted by atomic mass is 16.2. The Morgan fingerprint density at radius 3 is 2.72 bits per heavy atom. The molecule has 0 aromatic carbocycles. The van der Waals surface area contributed by atoms with Crippen LogP contribution in [0.1, 0.15) is 48.9 Å². The van der Waals surface area contributed by atoms with Crippen molar-refractivity contribution >= 4 is 5.91 Å². The average molecular weight is 339 g/mol. The molecule has 0 radical (unpaired) electrons. The smallest absolute Gasteiger partial charge is 0.250 e. The zero-order valence-corrected chi connectivity index (χ0v) is 14.7. The maximum atomic E-state index is 12.7. The number of pyridine rings is 2. The predicted octanol–water partition coefficient (Wildman–Crippen LogP) is 2.92. The Kier molecular flexibility index (Phi) is 5.64. The van der Waals surface area contributed by atoms with Crippen LogP contribution in [0.25, 0.3) is 0 Å². The van der Waals surface area contributed by atoms with Gasteiger partial charge in [-0.3, -0.25) is 19.1 Å². The van der Waals surface area contributed by atoms with E-state index >= 15 is 0 Å². The van der Waals surface area contributed by atoms with Crippen LogP contribution in [0.5, 0.6) is 0 Å². The van der Waals surface area contributed by atoms with Crippen molar-refractivity contribution in [3.63, 3.8) is 0 Å². The lowest BCUT2D eigenvalue weighted by Crippen LogP contribution is -2.30. The molecular formula is C20H25N3O2. The number of aromatic nitrogens is 2. The number of carbonyl (C=O) groups excluding carboxylic acids is 1. The van der Waals surface area contributed by atoms with E-state index in [0.717, 1.165) is 23.9 Å². The predicted molar refractivity (Wildman–Crippen MR) is 97.6 cm³/mol. The summed E-state index contributed by atoms with van der Waals surface area (Å²) in [5.41, 5.74) is 1.74. The molecule has 25 heavy (non-hydrogen) atoms. The minimum atomic E-state index is -0.0867. The van der Waals surface area contributed by atoms with Crippen LogP contribution in [0.2, 0.25) is 0 Å². The molecule has 0 spiro atoms. The van der Waals surface area contributed by atoms with Crippen LogP contribution in [0.15, 0.2) is 52.5 Å². The maximum absolute atomic E-state index is 12.7. The van der Waals surface area contributed by atoms with E-state index in [4.69, 9.17) is 4.99 Å². The van der Waals surface area contributed by atoms with Crippen LogP contribution in [-0.2, 0) is 6.54 Å². The summed E-state index contributed by atoms with van der Waals surface area (Å²) < 4.78 is 3.19. The highest BCUT2D eigenvalue weighted by Crippen LogP contribution is 2.19. The van der Waals surface area contributed by atoms with Gasteiger partial charge in [-0.2, -0.15) is 0 Å². The van der Waals surface area contributed by atoms with Gasteiger partial charge >= 0.3 is 0 Å². The fraction of sp³-hybridized carbons (Fsp3) is 0.450. The van der Waals surface area contributed by atoms with Gasteiger partial charge in [0.1, 0.15) is 5.49 Å². The lowest BCUT2D eigenvalue weighted by atomic mass is 9.96. The third-order valence-corrected chi connectivity index (χ3v) is 4.71. The van der Waals surface area contributed by atoms with E-state index in [1.807, 2.05) is 19.1 Å². The highest BCUT2D eigenvalue weighted by molar-refractivity contribution is 5.78. The molecule has 1 aliphatic carbocycles. The fourth-order valence-corrected chi connectivity index (χ4v) is 3.28. The zero-order chi connectivity index (χ0) is 17.6. The molecule has 5 nitrogen and oxygen atoms in total. The molecule has 2 heterocycles. The van der Waals surface area contributed by atoms with Crippen molar-refractivity contribution < 1.29 is 4.79 Å². The molecule has 0 aliphatic heterocycles. The minimum Gasteiger partial charge on any atom is -0.315 e. The Balaban J connectivity index is 1.81. The third kappa shape index (κ3) is 4.56. The molecule has 1 fully saturated rings. The van der Waals surface area contributed by atoms with Gasteiger partial charge in [0.15, 0.2) is 0 Å². The molecule has 0 unspecified atom stereocenters. The van der Waals surface area contributed by atoms with Crippen LogP contribution >= 0.6 is 0 Å². The van der Waals surface area contributed by atoms with Crippen molar-refractivity contribution in [1.29, 1.82) is 0 Å². The topological polar surface area (TPSA) is 56.4 Å². The van der Waals surface area contributed by atoms with Gasteiger partial charge in [0.25, 0.3) is 5.56 Å². The van der Waals surface area contributed by atoms with Crippen molar-refractivity contribution in [2.75, 3.05) is 0 Å². The first-order valence-electron chi connectivity index (χ1n) is 9.05. The van der Waals surface area contributed by atoms with Crippen LogP contribution in [0, 0.1) is 6.92 Å². The lowest BCUT2D eigenvalue weighted by molar-refractivity contribution is 0.0890. The van der Waals surface area contributed by atoms with Gasteiger partial charge in [-0.05, 0) is 43.5 Å². The Morgan fingerprint density at radius 2 is 1.96 bits per heavy atom. The number of hydrogen-bond donors (Lipinski definition) is 0. The van der Waals surface area contributed by atoms with E-state index in [1.165, 1.54) is 25.3 Å². The number of aryl methyl sites for hydroxylation is 2. The van der Waals surface area contributed by atoms with Crippen molar-refractivity contribution in [3.8, 4) is 0 Å². The molecule has 1 saturated carbocycles. The second-order valence-electron chi connectivity index (χ2n) is 6.73. The zero-order valence-electron chi connectivity index (χ0n) is 14.7. The second-order valence-corrected chi connectivity index (χ2v) is 6.73. The SMILES string of the molecule is Cc1ccn(C(=O)CCn2ccccc2=O)c(=NC2CCCCC2)c1. The molecule has 1 aliphatic rings. The number of rotatable bonds is 4. The van der Waals surface area contributed by atoms with Gasteiger partial charge in [-0.1, -0.05) is 25.3 Å². The first kappa shape index (κ1) is 17.4. The monoisotopic (exact) mass is 339 g/mol. The molecule has 5 heteroatoms. The highest BCUT2D eigenvalue weighted by Gasteiger charge is 2.13. The average Bonchev–Trinajstić information content (AvgIpc) is 2.62. The van der Waals surface area contributed by atoms with E-state index in [0.29, 0.717) is 12.6 Å². The van der Waals surface area contributed by atoms with Crippen molar-refractivity contribution in [3.05, 3.63) is 64.1 Å². The molecule has 0 saturated heterocycles. The normalized spacial score (nSPS) is 16.1. The molecular weight excluding hydrogens is 314 g/mol. The Bertz CT molecular complexity index is 857. The molecule has 2 aromatic rings. The first-order valence-corrected chi connectivity index (χ1v) is 9.05. The summed E-state index contributed by atoms with van der Waals surface area (Å²) in [6.45, 7) is 2.39. The van der Waals surface area contributed by atoms with Gasteiger partial charge in [-0.25, -0.2) is 0 Å². The summed E-state index contributed by atoms with van der Waals surface area (Å²) in [6, 6.07) is 9.22. The molecule has 0 atom stereocenters. The van der Waals surface area contributed by atoms with Crippen molar-refractivity contribution in [1.82, 2.24) is 9.13 Å². The Hall–Kier alpha value is -2.43. The quantitative estimate of drug-likeness (QED) is 0.860. The van der Waals surface area contributed by atoms with Crippen LogP contribution in [0.3, 0.4) is 0 Å². The Morgan fingerprint density at radius 1 is 1.16 bits per heavy atom. The van der Waals surface area contributed by atoms with Gasteiger partial charge in [0, 0.05) is 31.4 Å². The van der Waals surface area contributed by atoms with E-state index in [1.54, 1.807) is 33.7 Å². The fourth-order valence-electron chi connectivity index (χ4n) is 3.28. The molecule has 0 bridgehead atoms. The first-order chi connectivity index (χ1) is 12.1. The van der Waals surface area contributed by atoms with Crippen LogP contribution in [0.4, 0.5) is 0 Å². The van der Waals surface area contributed by atoms with Gasteiger partial charge < -0.3 is 4.57 Å². The summed E-state index contributed by atoms with van der Waals surface area (Å²) in [6.07, 6.45) is 9.68. The van der Waals surface area contributed by atoms with E-state index in [-0.39, 0.29) is 17.9 Å². The van der Waals surface area contributed by atoms with Crippen molar-refractivity contribution in [2.45, 2.75) is 58.0 Å². The van der Waals surface area contributed by atoms with Crippen LogP contribution < -0.4 is 11.0 Å². The van der Waals surface area contributed by atoms with Gasteiger partial charge in [0.05, 0.1) is 6.04 Å². The summed E-state index contributed by atoms with van der Waals surface area (Å²) in [5, 5.41) is 0. The number of carbonyl (C=O) groups is 1. The summed E-state index contributed by atoms with van der Waals surface area (Å²) in [7, 11) is 0.